The van der Waals surface area contributed by atoms with Crippen molar-refractivity contribution in [2.75, 3.05) is 19.6 Å². The summed E-state index contributed by atoms with van der Waals surface area (Å²) < 4.78 is 0. The lowest BCUT2D eigenvalue weighted by molar-refractivity contribution is -0.149. The van der Waals surface area contributed by atoms with Crippen molar-refractivity contribution in [1.82, 2.24) is 4.90 Å². The van der Waals surface area contributed by atoms with E-state index in [9.17, 15) is 9.90 Å². The number of carboxylic acid groups (broad SMARTS) is 1. The molecule has 1 unspecified atom stereocenters. The fourth-order valence-electron chi connectivity index (χ4n) is 3.91. The first-order chi connectivity index (χ1) is 8.08. The number of aliphatic carboxylic acids is 1. The molecule has 0 amide bonds. The van der Waals surface area contributed by atoms with E-state index in [1.54, 1.807) is 0 Å². The Balaban J connectivity index is 1.96. The first kappa shape index (κ1) is 12.9. The van der Waals surface area contributed by atoms with Crippen LogP contribution in [0.3, 0.4) is 0 Å². The van der Waals surface area contributed by atoms with E-state index in [0.29, 0.717) is 11.8 Å². The molecule has 1 saturated carbocycles. The molecule has 1 aliphatic heterocycles. The Morgan fingerprint density at radius 3 is 2.94 bits per heavy atom. The zero-order valence-corrected chi connectivity index (χ0v) is 11.1. The Labute approximate surface area is 104 Å². The van der Waals surface area contributed by atoms with Crippen LogP contribution in [-0.2, 0) is 4.79 Å². The van der Waals surface area contributed by atoms with Crippen molar-refractivity contribution in [3.63, 3.8) is 0 Å². The SMILES string of the molecule is CCCC(C)CN1C[C@@H]2CCC[C@@]2(C(=O)O)C1. The van der Waals surface area contributed by atoms with Crippen LogP contribution in [0.15, 0.2) is 0 Å². The van der Waals surface area contributed by atoms with Gasteiger partial charge in [-0.1, -0.05) is 26.7 Å². The van der Waals surface area contributed by atoms with Crippen LogP contribution >= 0.6 is 0 Å². The Bertz CT molecular complexity index is 292. The number of carboxylic acids is 1. The van der Waals surface area contributed by atoms with Gasteiger partial charge in [0.05, 0.1) is 5.41 Å². The van der Waals surface area contributed by atoms with Crippen molar-refractivity contribution in [3.05, 3.63) is 0 Å². The van der Waals surface area contributed by atoms with Crippen LogP contribution in [-0.4, -0.2) is 35.6 Å². The van der Waals surface area contributed by atoms with E-state index >= 15 is 0 Å². The molecule has 0 aromatic carbocycles. The summed E-state index contributed by atoms with van der Waals surface area (Å²) in [5, 5.41) is 9.50. The molecule has 2 rings (SSSR count). The van der Waals surface area contributed by atoms with Crippen LogP contribution in [0.25, 0.3) is 0 Å². The largest absolute Gasteiger partial charge is 0.481 e. The molecule has 0 radical (unpaired) electrons. The van der Waals surface area contributed by atoms with Crippen LogP contribution in [0.4, 0.5) is 0 Å². The maximum Gasteiger partial charge on any atom is 0.311 e. The summed E-state index contributed by atoms with van der Waals surface area (Å²) in [6, 6.07) is 0. The molecule has 0 spiro atoms. The predicted octanol–water partition coefficient (Wildman–Crippen LogP) is 2.61. The lowest BCUT2D eigenvalue weighted by Crippen LogP contribution is -2.36. The first-order valence-corrected chi connectivity index (χ1v) is 7.04. The highest BCUT2D eigenvalue weighted by molar-refractivity contribution is 5.76. The Hall–Kier alpha value is -0.570. The van der Waals surface area contributed by atoms with Gasteiger partial charge in [0.2, 0.25) is 0 Å². The van der Waals surface area contributed by atoms with Crippen molar-refractivity contribution in [2.45, 2.75) is 46.0 Å². The number of rotatable bonds is 5. The van der Waals surface area contributed by atoms with Gasteiger partial charge in [0.25, 0.3) is 0 Å². The molecule has 0 aromatic rings. The van der Waals surface area contributed by atoms with Crippen LogP contribution in [0.1, 0.15) is 46.0 Å². The third kappa shape index (κ3) is 2.35. The lowest BCUT2D eigenvalue weighted by atomic mass is 9.81. The van der Waals surface area contributed by atoms with E-state index in [-0.39, 0.29) is 0 Å². The molecule has 2 fully saturated rings. The van der Waals surface area contributed by atoms with Crippen LogP contribution in [0, 0.1) is 17.3 Å². The van der Waals surface area contributed by atoms with Gasteiger partial charge in [0.1, 0.15) is 0 Å². The molecule has 98 valence electrons. The second kappa shape index (κ2) is 4.97. The minimum atomic E-state index is -0.550. The molecular formula is C14H25NO2. The summed E-state index contributed by atoms with van der Waals surface area (Å²) in [5.41, 5.74) is -0.397. The first-order valence-electron chi connectivity index (χ1n) is 7.04. The number of fused-ring (bicyclic) bond motifs is 1. The Morgan fingerprint density at radius 1 is 1.59 bits per heavy atom. The zero-order valence-electron chi connectivity index (χ0n) is 11.1. The molecule has 1 saturated heterocycles. The normalized spacial score (nSPS) is 34.8. The third-order valence-electron chi connectivity index (χ3n) is 4.72. The molecule has 0 bridgehead atoms. The highest BCUT2D eigenvalue weighted by atomic mass is 16.4. The van der Waals surface area contributed by atoms with Crippen molar-refractivity contribution < 1.29 is 9.90 Å². The quantitative estimate of drug-likeness (QED) is 0.801. The van der Waals surface area contributed by atoms with Crippen molar-refractivity contribution >= 4 is 5.97 Å². The fourth-order valence-corrected chi connectivity index (χ4v) is 3.91. The predicted molar refractivity (Wildman–Crippen MR) is 67.9 cm³/mol. The van der Waals surface area contributed by atoms with Crippen LogP contribution < -0.4 is 0 Å². The highest BCUT2D eigenvalue weighted by Crippen LogP contribution is 2.48. The summed E-state index contributed by atoms with van der Waals surface area (Å²) in [5.74, 6) is 0.559. The number of carbonyl (C=O) groups is 1. The fraction of sp³-hybridized carbons (Fsp3) is 0.929. The van der Waals surface area contributed by atoms with Gasteiger partial charge in [-0.3, -0.25) is 4.79 Å². The van der Waals surface area contributed by atoms with E-state index < -0.39 is 11.4 Å². The van der Waals surface area contributed by atoms with Crippen molar-refractivity contribution in [1.29, 1.82) is 0 Å². The van der Waals surface area contributed by atoms with Crippen molar-refractivity contribution in [3.8, 4) is 0 Å². The van der Waals surface area contributed by atoms with E-state index in [1.165, 1.54) is 12.8 Å². The van der Waals surface area contributed by atoms with Gasteiger partial charge in [-0.2, -0.15) is 0 Å². The lowest BCUT2D eigenvalue weighted by Gasteiger charge is -2.24. The van der Waals surface area contributed by atoms with Gasteiger partial charge in [-0.15, -0.1) is 0 Å². The van der Waals surface area contributed by atoms with Crippen molar-refractivity contribution in [2.24, 2.45) is 17.3 Å². The highest BCUT2D eigenvalue weighted by Gasteiger charge is 2.54. The van der Waals surface area contributed by atoms with Gasteiger partial charge < -0.3 is 10.0 Å². The average Bonchev–Trinajstić information content (AvgIpc) is 2.74. The van der Waals surface area contributed by atoms with E-state index in [0.717, 1.165) is 38.9 Å². The molecule has 3 atom stereocenters. The molecule has 3 heteroatoms. The molecule has 2 aliphatic rings. The van der Waals surface area contributed by atoms with Gasteiger partial charge in [-0.25, -0.2) is 0 Å². The second-order valence-electron chi connectivity index (χ2n) is 6.14. The van der Waals surface area contributed by atoms with Crippen LogP contribution in [0.5, 0.6) is 0 Å². The number of hydrogen-bond acceptors (Lipinski definition) is 2. The number of likely N-dealkylation sites (tertiary alicyclic amines) is 1. The Morgan fingerprint density at radius 2 is 2.35 bits per heavy atom. The summed E-state index contributed by atoms with van der Waals surface area (Å²) in [7, 11) is 0. The maximum atomic E-state index is 11.5. The number of hydrogen-bond donors (Lipinski definition) is 1. The molecule has 0 aromatic heterocycles. The average molecular weight is 239 g/mol. The molecular weight excluding hydrogens is 214 g/mol. The van der Waals surface area contributed by atoms with Gasteiger partial charge in [0.15, 0.2) is 0 Å². The second-order valence-corrected chi connectivity index (χ2v) is 6.14. The molecule has 17 heavy (non-hydrogen) atoms. The summed E-state index contributed by atoms with van der Waals surface area (Å²) in [4.78, 5) is 13.9. The topological polar surface area (TPSA) is 40.5 Å². The monoisotopic (exact) mass is 239 g/mol. The van der Waals surface area contributed by atoms with Gasteiger partial charge in [-0.05, 0) is 31.1 Å². The zero-order chi connectivity index (χ0) is 12.5. The van der Waals surface area contributed by atoms with Gasteiger partial charge in [0, 0.05) is 19.6 Å². The molecule has 1 heterocycles. The minimum absolute atomic E-state index is 0.397. The summed E-state index contributed by atoms with van der Waals surface area (Å²) in [6.45, 7) is 7.39. The molecule has 1 aliphatic carbocycles. The van der Waals surface area contributed by atoms with Crippen LogP contribution in [0.2, 0.25) is 0 Å². The van der Waals surface area contributed by atoms with E-state index in [2.05, 4.69) is 18.7 Å². The van der Waals surface area contributed by atoms with E-state index in [4.69, 9.17) is 0 Å². The standard InChI is InChI=1S/C14H25NO2/c1-3-5-11(2)8-15-9-12-6-4-7-14(12,10-15)13(16)17/h11-12H,3-10H2,1-2H3,(H,16,17)/t11?,12-,14+/m0/s1. The Kier molecular flexibility index (Phi) is 3.76. The maximum absolute atomic E-state index is 11.5. The smallest absolute Gasteiger partial charge is 0.311 e. The summed E-state index contributed by atoms with van der Waals surface area (Å²) in [6.07, 6.45) is 5.59. The number of nitrogens with zero attached hydrogens (tertiary/aromatic N) is 1. The van der Waals surface area contributed by atoms with Gasteiger partial charge >= 0.3 is 5.97 Å². The summed E-state index contributed by atoms with van der Waals surface area (Å²) >= 11 is 0. The molecule has 1 N–H and O–H groups in total. The minimum Gasteiger partial charge on any atom is -0.481 e. The third-order valence-corrected chi connectivity index (χ3v) is 4.72. The molecule has 3 nitrogen and oxygen atoms in total. The van der Waals surface area contributed by atoms with E-state index in [1.807, 2.05) is 0 Å².